The van der Waals surface area contributed by atoms with Gasteiger partial charge in [0.05, 0.1) is 19.8 Å². The van der Waals surface area contributed by atoms with E-state index in [9.17, 15) is 5.11 Å². The first-order valence-electron chi connectivity index (χ1n) is 7.07. The van der Waals surface area contributed by atoms with Crippen molar-refractivity contribution < 1.29 is 14.6 Å². The summed E-state index contributed by atoms with van der Waals surface area (Å²) in [4.78, 5) is 0. The molecule has 2 atom stereocenters. The number of thioether (sulfide) groups is 1. The van der Waals surface area contributed by atoms with Gasteiger partial charge in [0, 0.05) is 18.3 Å². The summed E-state index contributed by atoms with van der Waals surface area (Å²) in [5, 5.41) is 13.5. The van der Waals surface area contributed by atoms with Gasteiger partial charge in [-0.25, -0.2) is 0 Å². The topological polar surface area (TPSA) is 50.7 Å². The van der Waals surface area contributed by atoms with Gasteiger partial charge in [-0.15, -0.1) is 0 Å². The number of hydrogen-bond donors (Lipinski definition) is 2. The molecule has 0 spiro atoms. The van der Waals surface area contributed by atoms with Gasteiger partial charge >= 0.3 is 0 Å². The largest absolute Gasteiger partial charge is 0.493 e. The molecule has 120 valence electrons. The SMILES string of the molecule is COc1ccc(CC(C)NCC(C)(O)CSC)cc1OC. The maximum atomic E-state index is 10.2. The Morgan fingerprint density at radius 1 is 1.29 bits per heavy atom. The lowest BCUT2D eigenvalue weighted by Crippen LogP contribution is -2.43. The molecule has 1 aromatic rings. The van der Waals surface area contributed by atoms with Crippen molar-refractivity contribution in [3.05, 3.63) is 23.8 Å². The van der Waals surface area contributed by atoms with Crippen LogP contribution in [0.4, 0.5) is 0 Å². The second-order valence-corrected chi connectivity index (χ2v) is 6.47. The lowest BCUT2D eigenvalue weighted by atomic mass is 10.0. The third-order valence-electron chi connectivity index (χ3n) is 3.28. The van der Waals surface area contributed by atoms with Gasteiger partial charge in [0.2, 0.25) is 0 Å². The smallest absolute Gasteiger partial charge is 0.160 e. The van der Waals surface area contributed by atoms with Crippen molar-refractivity contribution >= 4 is 11.8 Å². The van der Waals surface area contributed by atoms with Crippen LogP contribution in [0.25, 0.3) is 0 Å². The maximum Gasteiger partial charge on any atom is 0.160 e. The van der Waals surface area contributed by atoms with Crippen LogP contribution in [0.2, 0.25) is 0 Å². The molecule has 0 aromatic heterocycles. The van der Waals surface area contributed by atoms with Crippen molar-refractivity contribution in [2.24, 2.45) is 0 Å². The molecule has 0 aliphatic rings. The molecule has 0 fully saturated rings. The van der Waals surface area contributed by atoms with Gasteiger partial charge in [-0.1, -0.05) is 6.07 Å². The third kappa shape index (κ3) is 6.16. The summed E-state index contributed by atoms with van der Waals surface area (Å²) in [5.74, 6) is 2.21. The number of nitrogens with one attached hydrogen (secondary N) is 1. The first-order valence-corrected chi connectivity index (χ1v) is 8.47. The van der Waals surface area contributed by atoms with E-state index in [1.807, 2.05) is 31.4 Å². The second-order valence-electron chi connectivity index (χ2n) is 5.61. The van der Waals surface area contributed by atoms with Crippen LogP contribution in [0.5, 0.6) is 11.5 Å². The summed E-state index contributed by atoms with van der Waals surface area (Å²) in [6.45, 7) is 4.56. The molecule has 0 saturated carbocycles. The minimum absolute atomic E-state index is 0.274. The standard InChI is InChI=1S/C16H27NO3S/c1-12(17-10-16(2,18)11-21-5)8-13-6-7-14(19-3)15(9-13)20-4/h6-7,9,12,17-18H,8,10-11H2,1-5H3. The number of aliphatic hydroxyl groups is 1. The van der Waals surface area contributed by atoms with E-state index in [-0.39, 0.29) is 6.04 Å². The van der Waals surface area contributed by atoms with Crippen molar-refractivity contribution in [1.29, 1.82) is 0 Å². The molecule has 0 bridgehead atoms. The molecule has 1 rings (SSSR count). The zero-order valence-corrected chi connectivity index (χ0v) is 14.4. The molecule has 1 aromatic carbocycles. The van der Waals surface area contributed by atoms with Crippen LogP contribution >= 0.6 is 11.8 Å². The molecule has 2 N–H and O–H groups in total. The highest BCUT2D eigenvalue weighted by atomic mass is 32.2. The van der Waals surface area contributed by atoms with Crippen molar-refractivity contribution in [2.45, 2.75) is 31.9 Å². The quantitative estimate of drug-likeness (QED) is 0.733. The molecule has 0 aliphatic heterocycles. The molecule has 4 nitrogen and oxygen atoms in total. The van der Waals surface area contributed by atoms with Crippen LogP contribution in [-0.4, -0.2) is 49.5 Å². The summed E-state index contributed by atoms with van der Waals surface area (Å²) >= 11 is 1.65. The number of benzene rings is 1. The zero-order valence-electron chi connectivity index (χ0n) is 13.6. The van der Waals surface area contributed by atoms with E-state index < -0.39 is 5.60 Å². The molecular weight excluding hydrogens is 286 g/mol. The minimum Gasteiger partial charge on any atom is -0.493 e. The highest BCUT2D eigenvalue weighted by Gasteiger charge is 2.20. The number of methoxy groups -OCH3 is 2. The van der Waals surface area contributed by atoms with Gasteiger partial charge in [-0.05, 0) is 44.2 Å². The van der Waals surface area contributed by atoms with Crippen LogP contribution in [0.1, 0.15) is 19.4 Å². The molecule has 21 heavy (non-hydrogen) atoms. The van der Waals surface area contributed by atoms with Gasteiger partial charge in [0.25, 0.3) is 0 Å². The Labute approximate surface area is 132 Å². The average molecular weight is 313 g/mol. The Morgan fingerprint density at radius 2 is 1.95 bits per heavy atom. The summed E-state index contributed by atoms with van der Waals surface area (Å²) < 4.78 is 10.6. The van der Waals surface area contributed by atoms with Crippen molar-refractivity contribution in [1.82, 2.24) is 5.32 Å². The Morgan fingerprint density at radius 3 is 2.52 bits per heavy atom. The molecule has 0 radical (unpaired) electrons. The second kappa shape index (κ2) is 8.51. The Bertz CT molecular complexity index is 438. The van der Waals surface area contributed by atoms with E-state index >= 15 is 0 Å². The van der Waals surface area contributed by atoms with E-state index in [0.29, 0.717) is 6.54 Å². The summed E-state index contributed by atoms with van der Waals surface area (Å²) in [5.41, 5.74) is 0.503. The fourth-order valence-electron chi connectivity index (χ4n) is 2.19. The number of hydrogen-bond acceptors (Lipinski definition) is 5. The van der Waals surface area contributed by atoms with Crippen molar-refractivity contribution in [2.75, 3.05) is 32.8 Å². The molecule has 0 amide bonds. The van der Waals surface area contributed by atoms with Gasteiger partial charge in [-0.2, -0.15) is 11.8 Å². The number of rotatable bonds is 9. The van der Waals surface area contributed by atoms with Gasteiger partial charge < -0.3 is 19.9 Å². The molecule has 0 saturated heterocycles. The average Bonchev–Trinajstić information content (AvgIpc) is 2.45. The van der Waals surface area contributed by atoms with Gasteiger partial charge in [0.1, 0.15) is 0 Å². The van der Waals surface area contributed by atoms with Crippen LogP contribution in [0.3, 0.4) is 0 Å². The number of ether oxygens (including phenoxy) is 2. The summed E-state index contributed by atoms with van der Waals surface area (Å²) in [6, 6.07) is 6.23. The van der Waals surface area contributed by atoms with Gasteiger partial charge in [-0.3, -0.25) is 0 Å². The highest BCUT2D eigenvalue weighted by Crippen LogP contribution is 2.28. The van der Waals surface area contributed by atoms with E-state index in [0.717, 1.165) is 23.7 Å². The Kier molecular flexibility index (Phi) is 7.35. The fraction of sp³-hybridized carbons (Fsp3) is 0.625. The van der Waals surface area contributed by atoms with E-state index in [1.165, 1.54) is 5.56 Å². The monoisotopic (exact) mass is 313 g/mol. The van der Waals surface area contributed by atoms with Crippen LogP contribution < -0.4 is 14.8 Å². The fourth-order valence-corrected chi connectivity index (χ4v) is 2.91. The molecular formula is C16H27NO3S. The van der Waals surface area contributed by atoms with Crippen LogP contribution in [0.15, 0.2) is 18.2 Å². The minimum atomic E-state index is -0.675. The Balaban J connectivity index is 2.56. The lowest BCUT2D eigenvalue weighted by Gasteiger charge is -2.25. The molecule has 5 heteroatoms. The van der Waals surface area contributed by atoms with Crippen molar-refractivity contribution in [3.8, 4) is 11.5 Å². The predicted octanol–water partition coefficient (Wildman–Crippen LogP) is 2.34. The first kappa shape index (κ1) is 18.1. The third-order valence-corrected chi connectivity index (χ3v) is 4.19. The van der Waals surface area contributed by atoms with Crippen LogP contribution in [0, 0.1) is 0 Å². The van der Waals surface area contributed by atoms with E-state index in [1.54, 1.807) is 26.0 Å². The molecule has 0 aliphatic carbocycles. The predicted molar refractivity (Wildman–Crippen MR) is 89.7 cm³/mol. The van der Waals surface area contributed by atoms with Gasteiger partial charge in [0.15, 0.2) is 11.5 Å². The van der Waals surface area contributed by atoms with E-state index in [4.69, 9.17) is 9.47 Å². The molecule has 0 heterocycles. The zero-order chi connectivity index (χ0) is 15.9. The molecule has 2 unspecified atom stereocenters. The maximum absolute atomic E-state index is 10.2. The normalized spacial score (nSPS) is 15.3. The highest BCUT2D eigenvalue weighted by molar-refractivity contribution is 7.98. The summed E-state index contributed by atoms with van der Waals surface area (Å²) in [7, 11) is 3.28. The Hall–Kier alpha value is -0.910. The summed E-state index contributed by atoms with van der Waals surface area (Å²) in [6.07, 6.45) is 2.87. The van der Waals surface area contributed by atoms with E-state index in [2.05, 4.69) is 12.2 Å². The lowest BCUT2D eigenvalue weighted by molar-refractivity contribution is 0.0820. The van der Waals surface area contributed by atoms with Crippen molar-refractivity contribution in [3.63, 3.8) is 0 Å². The van der Waals surface area contributed by atoms with Crippen LogP contribution in [-0.2, 0) is 6.42 Å². The first-order chi connectivity index (χ1) is 9.91.